The summed E-state index contributed by atoms with van der Waals surface area (Å²) < 4.78 is 14.1. The average Bonchev–Trinajstić information content (AvgIpc) is 3.22. The Morgan fingerprint density at radius 3 is 2.34 bits per heavy atom. The summed E-state index contributed by atoms with van der Waals surface area (Å²) in [6.07, 6.45) is 0.631. The van der Waals surface area contributed by atoms with Gasteiger partial charge in [-0.25, -0.2) is 0 Å². The van der Waals surface area contributed by atoms with E-state index in [2.05, 4.69) is 17.1 Å². The van der Waals surface area contributed by atoms with Gasteiger partial charge in [-0.05, 0) is 74.7 Å². The quantitative estimate of drug-likeness (QED) is 0.533. The highest BCUT2D eigenvalue weighted by Gasteiger charge is 2.39. The van der Waals surface area contributed by atoms with Crippen LogP contribution in [0.3, 0.4) is 0 Å². The fraction of sp³-hybridized carbons (Fsp3) is 0.364. The van der Waals surface area contributed by atoms with Crippen LogP contribution in [0.1, 0.15) is 35.8 Å². The van der Waals surface area contributed by atoms with Gasteiger partial charge in [-0.3, -0.25) is 4.57 Å². The van der Waals surface area contributed by atoms with Crippen molar-refractivity contribution in [3.8, 4) is 11.4 Å². The number of fused-ring (bicyclic) bond motifs is 1. The van der Waals surface area contributed by atoms with Crippen LogP contribution >= 0.6 is 23.2 Å². The van der Waals surface area contributed by atoms with Gasteiger partial charge >= 0.3 is 0 Å². The molecule has 0 aliphatic heterocycles. The summed E-state index contributed by atoms with van der Waals surface area (Å²) in [5.74, 6) is 2.62. The number of ether oxygens (including phenoxy) is 2. The van der Waals surface area contributed by atoms with Crippen LogP contribution in [0.2, 0.25) is 10.0 Å². The second kappa shape index (κ2) is 7.98. The molecule has 7 heteroatoms. The molecule has 3 aromatic rings. The second-order valence-electron chi connectivity index (χ2n) is 7.43. The molecule has 3 atom stereocenters. The van der Waals surface area contributed by atoms with Gasteiger partial charge in [0, 0.05) is 28.8 Å². The number of nitrogens with zero attached hydrogens (tertiary/aromatic N) is 3. The molecule has 2 aromatic carbocycles. The molecule has 1 aliphatic carbocycles. The van der Waals surface area contributed by atoms with Gasteiger partial charge in [0.25, 0.3) is 0 Å². The van der Waals surface area contributed by atoms with Crippen molar-refractivity contribution in [3.63, 3.8) is 0 Å². The molecule has 0 bridgehead atoms. The first-order valence-electron chi connectivity index (χ1n) is 9.55. The Bertz CT molecular complexity index is 1010. The van der Waals surface area contributed by atoms with Crippen molar-refractivity contribution in [3.05, 3.63) is 69.2 Å². The van der Waals surface area contributed by atoms with E-state index in [1.807, 2.05) is 48.7 Å². The maximum Gasteiger partial charge on any atom is 0.134 e. The number of aromatic nitrogens is 3. The van der Waals surface area contributed by atoms with Gasteiger partial charge in [-0.1, -0.05) is 23.2 Å². The standard InChI is InChI=1S/C22H23Cl2N3O2/c1-12(28-4)18-11-19-20(9-15(23)10-21(19)24)22(18)29-17-7-5-16(6-8-17)27-13(2)25-26-14(27)3/h5-10,12,18,22H,11H2,1-4H3/t12-,18-,22-/m0/s1. The number of rotatable bonds is 5. The molecule has 0 saturated heterocycles. The van der Waals surface area contributed by atoms with Gasteiger partial charge in [0.2, 0.25) is 0 Å². The zero-order valence-electron chi connectivity index (χ0n) is 16.8. The Morgan fingerprint density at radius 1 is 1.07 bits per heavy atom. The van der Waals surface area contributed by atoms with Gasteiger partial charge in [0.1, 0.15) is 23.5 Å². The van der Waals surface area contributed by atoms with Crippen molar-refractivity contribution >= 4 is 23.2 Å². The molecule has 152 valence electrons. The Labute approximate surface area is 180 Å². The van der Waals surface area contributed by atoms with E-state index in [0.29, 0.717) is 10.0 Å². The molecule has 4 rings (SSSR count). The van der Waals surface area contributed by atoms with Crippen LogP contribution in [0, 0.1) is 19.8 Å². The van der Waals surface area contributed by atoms with E-state index < -0.39 is 0 Å². The minimum absolute atomic E-state index is 0.0174. The van der Waals surface area contributed by atoms with Gasteiger partial charge in [0.05, 0.1) is 6.10 Å². The third-order valence-electron chi connectivity index (χ3n) is 5.65. The summed E-state index contributed by atoms with van der Waals surface area (Å²) in [4.78, 5) is 0. The summed E-state index contributed by atoms with van der Waals surface area (Å²) >= 11 is 12.7. The van der Waals surface area contributed by atoms with Crippen molar-refractivity contribution in [2.45, 2.75) is 39.4 Å². The minimum atomic E-state index is -0.180. The zero-order valence-corrected chi connectivity index (χ0v) is 18.3. The summed E-state index contributed by atoms with van der Waals surface area (Å²) in [5.41, 5.74) is 3.12. The minimum Gasteiger partial charge on any atom is -0.485 e. The predicted octanol–water partition coefficient (Wildman–Crippen LogP) is 5.52. The number of hydrogen-bond acceptors (Lipinski definition) is 4. The molecule has 1 aromatic heterocycles. The van der Waals surface area contributed by atoms with Crippen molar-refractivity contribution in [2.75, 3.05) is 7.11 Å². The molecule has 1 aliphatic rings. The molecular weight excluding hydrogens is 409 g/mol. The fourth-order valence-electron chi connectivity index (χ4n) is 4.07. The van der Waals surface area contributed by atoms with E-state index in [-0.39, 0.29) is 18.1 Å². The first-order chi connectivity index (χ1) is 13.9. The van der Waals surface area contributed by atoms with E-state index in [0.717, 1.165) is 40.6 Å². The topological polar surface area (TPSA) is 49.2 Å². The van der Waals surface area contributed by atoms with Crippen molar-refractivity contribution < 1.29 is 9.47 Å². The van der Waals surface area contributed by atoms with Gasteiger partial charge < -0.3 is 9.47 Å². The van der Waals surface area contributed by atoms with Gasteiger partial charge in [0.15, 0.2) is 0 Å². The molecule has 0 fully saturated rings. The summed E-state index contributed by atoms with van der Waals surface area (Å²) in [7, 11) is 1.72. The number of methoxy groups -OCH3 is 1. The molecule has 0 radical (unpaired) electrons. The van der Waals surface area contributed by atoms with Gasteiger partial charge in [-0.15, -0.1) is 10.2 Å². The Hall–Kier alpha value is -2.08. The van der Waals surface area contributed by atoms with Gasteiger partial charge in [-0.2, -0.15) is 0 Å². The fourth-order valence-corrected chi connectivity index (χ4v) is 4.65. The second-order valence-corrected chi connectivity index (χ2v) is 8.27. The van der Waals surface area contributed by atoms with Crippen molar-refractivity contribution in [2.24, 2.45) is 5.92 Å². The summed E-state index contributed by atoms with van der Waals surface area (Å²) in [6.45, 7) is 5.93. The summed E-state index contributed by atoms with van der Waals surface area (Å²) in [6, 6.07) is 11.7. The third-order valence-corrected chi connectivity index (χ3v) is 6.20. The SMILES string of the molecule is CO[C@@H](C)[C@@H]1Cc2c(Cl)cc(Cl)cc2[C@H]1Oc1ccc(-n2c(C)nnc2C)cc1. The highest BCUT2D eigenvalue weighted by Crippen LogP contribution is 2.45. The van der Waals surface area contributed by atoms with Crippen LogP contribution in [0.15, 0.2) is 36.4 Å². The number of benzene rings is 2. The zero-order chi connectivity index (χ0) is 20.7. The highest BCUT2D eigenvalue weighted by molar-refractivity contribution is 6.35. The number of halogens is 2. The lowest BCUT2D eigenvalue weighted by Gasteiger charge is -2.26. The largest absolute Gasteiger partial charge is 0.485 e. The van der Waals surface area contributed by atoms with Crippen LogP contribution in [0.5, 0.6) is 5.75 Å². The van der Waals surface area contributed by atoms with E-state index in [9.17, 15) is 0 Å². The van der Waals surface area contributed by atoms with Crippen LogP contribution < -0.4 is 4.74 Å². The highest BCUT2D eigenvalue weighted by atomic mass is 35.5. The lowest BCUT2D eigenvalue weighted by atomic mass is 9.97. The third kappa shape index (κ3) is 3.75. The first kappa shape index (κ1) is 20.2. The molecule has 0 amide bonds. The van der Waals surface area contributed by atoms with Crippen LogP contribution in [-0.4, -0.2) is 28.0 Å². The maximum absolute atomic E-state index is 6.47. The van der Waals surface area contributed by atoms with Crippen molar-refractivity contribution in [1.82, 2.24) is 14.8 Å². The van der Waals surface area contributed by atoms with Crippen LogP contribution in [0.25, 0.3) is 5.69 Å². The monoisotopic (exact) mass is 431 g/mol. The predicted molar refractivity (Wildman–Crippen MR) is 114 cm³/mol. The van der Waals surface area contributed by atoms with E-state index in [1.165, 1.54) is 0 Å². The Balaban J connectivity index is 1.65. The normalized spacial score (nSPS) is 19.2. The molecule has 0 N–H and O–H groups in total. The molecule has 0 saturated carbocycles. The lowest BCUT2D eigenvalue weighted by Crippen LogP contribution is -2.26. The molecule has 1 heterocycles. The molecule has 0 unspecified atom stereocenters. The molecular formula is C22H23Cl2N3O2. The van der Waals surface area contributed by atoms with E-state index in [4.69, 9.17) is 32.7 Å². The molecule has 5 nitrogen and oxygen atoms in total. The van der Waals surface area contributed by atoms with E-state index >= 15 is 0 Å². The maximum atomic E-state index is 6.47. The van der Waals surface area contributed by atoms with Crippen molar-refractivity contribution in [1.29, 1.82) is 0 Å². The van der Waals surface area contributed by atoms with Crippen LogP contribution in [-0.2, 0) is 11.2 Å². The first-order valence-corrected chi connectivity index (χ1v) is 10.3. The number of aryl methyl sites for hydroxylation is 2. The summed E-state index contributed by atoms with van der Waals surface area (Å²) in [5, 5.41) is 9.54. The number of hydrogen-bond donors (Lipinski definition) is 0. The van der Waals surface area contributed by atoms with E-state index in [1.54, 1.807) is 13.2 Å². The molecule has 29 heavy (non-hydrogen) atoms. The Morgan fingerprint density at radius 2 is 1.72 bits per heavy atom. The lowest BCUT2D eigenvalue weighted by molar-refractivity contribution is 0.0146. The molecule has 0 spiro atoms. The smallest absolute Gasteiger partial charge is 0.134 e. The van der Waals surface area contributed by atoms with Crippen LogP contribution in [0.4, 0.5) is 0 Å². The Kier molecular flexibility index (Phi) is 5.56. The average molecular weight is 432 g/mol.